The van der Waals surface area contributed by atoms with Gasteiger partial charge >= 0.3 is 0 Å². The Morgan fingerprint density at radius 1 is 0.905 bits per heavy atom. The molecule has 1 N–H and O–H groups in total. The summed E-state index contributed by atoms with van der Waals surface area (Å²) >= 11 is 0. The third kappa shape index (κ3) is 2.10. The molecule has 0 unspecified atom stereocenters. The quantitative estimate of drug-likeness (QED) is 0.639. The molecule has 3 rings (SSSR count). The lowest BCUT2D eigenvalue weighted by atomic mass is 10.1. The molecule has 102 valence electrons. The minimum absolute atomic E-state index is 0.281. The zero-order valence-electron chi connectivity index (χ0n) is 11.0. The van der Waals surface area contributed by atoms with Crippen LogP contribution < -0.4 is 4.90 Å². The van der Waals surface area contributed by atoms with Crippen molar-refractivity contribution in [1.82, 2.24) is 0 Å². The molecule has 1 heterocycles. The zero-order chi connectivity index (χ0) is 14.8. The van der Waals surface area contributed by atoms with Crippen LogP contribution in [0.3, 0.4) is 0 Å². The third-order valence-electron chi connectivity index (χ3n) is 3.24. The van der Waals surface area contributed by atoms with Gasteiger partial charge in [0.1, 0.15) is 6.61 Å². The number of aliphatic hydroxyl groups is 1. The number of anilines is 1. The van der Waals surface area contributed by atoms with E-state index in [1.165, 1.54) is 0 Å². The number of carbonyl (C=O) groups is 2. The van der Waals surface area contributed by atoms with E-state index >= 15 is 0 Å². The lowest BCUT2D eigenvalue weighted by Gasteiger charge is -2.15. The van der Waals surface area contributed by atoms with Crippen molar-refractivity contribution in [1.29, 1.82) is 0 Å². The van der Waals surface area contributed by atoms with E-state index in [2.05, 4.69) is 11.8 Å². The van der Waals surface area contributed by atoms with Gasteiger partial charge in [0.15, 0.2) is 0 Å². The van der Waals surface area contributed by atoms with E-state index in [4.69, 9.17) is 5.11 Å². The molecule has 0 radical (unpaired) electrons. The van der Waals surface area contributed by atoms with Gasteiger partial charge in [0.05, 0.1) is 16.8 Å². The molecule has 1 aliphatic heterocycles. The zero-order valence-corrected chi connectivity index (χ0v) is 11.0. The molecule has 0 saturated heterocycles. The van der Waals surface area contributed by atoms with E-state index in [-0.39, 0.29) is 18.4 Å². The first kappa shape index (κ1) is 13.1. The SMILES string of the molecule is O=C1c2ccccc2C(=O)N1c1ccccc1C#CCO. The molecule has 0 aromatic heterocycles. The Morgan fingerprint density at radius 3 is 2.10 bits per heavy atom. The number of benzene rings is 2. The predicted octanol–water partition coefficient (Wildman–Crippen LogP) is 1.83. The second-order valence-corrected chi connectivity index (χ2v) is 4.47. The molecule has 1 aliphatic rings. The summed E-state index contributed by atoms with van der Waals surface area (Å²) in [5.41, 5.74) is 1.76. The normalized spacial score (nSPS) is 12.9. The minimum atomic E-state index is -0.353. The molecule has 4 nitrogen and oxygen atoms in total. The van der Waals surface area contributed by atoms with Gasteiger partial charge in [0.2, 0.25) is 0 Å². The van der Waals surface area contributed by atoms with Crippen molar-refractivity contribution < 1.29 is 14.7 Å². The first-order valence-electron chi connectivity index (χ1n) is 6.40. The molecule has 0 bridgehead atoms. The molecule has 0 spiro atoms. The van der Waals surface area contributed by atoms with Crippen molar-refractivity contribution in [2.24, 2.45) is 0 Å². The van der Waals surface area contributed by atoms with E-state index in [1.54, 1.807) is 48.5 Å². The second-order valence-electron chi connectivity index (χ2n) is 4.47. The summed E-state index contributed by atoms with van der Waals surface area (Å²) < 4.78 is 0. The number of aliphatic hydroxyl groups excluding tert-OH is 1. The fourth-order valence-electron chi connectivity index (χ4n) is 2.32. The minimum Gasteiger partial charge on any atom is -0.384 e. The Kier molecular flexibility index (Phi) is 3.27. The van der Waals surface area contributed by atoms with E-state index in [0.717, 1.165) is 4.90 Å². The number of para-hydroxylation sites is 1. The first-order valence-corrected chi connectivity index (χ1v) is 6.40. The number of amides is 2. The number of nitrogens with zero attached hydrogens (tertiary/aromatic N) is 1. The Labute approximate surface area is 121 Å². The van der Waals surface area contributed by atoms with Gasteiger partial charge in [-0.2, -0.15) is 0 Å². The van der Waals surface area contributed by atoms with Gasteiger partial charge < -0.3 is 5.11 Å². The van der Waals surface area contributed by atoms with Gasteiger partial charge in [0.25, 0.3) is 11.8 Å². The first-order chi connectivity index (χ1) is 10.2. The van der Waals surface area contributed by atoms with Crippen molar-refractivity contribution in [2.45, 2.75) is 0 Å². The Hall–Kier alpha value is -2.90. The van der Waals surface area contributed by atoms with E-state index in [1.807, 2.05) is 0 Å². The largest absolute Gasteiger partial charge is 0.384 e. The van der Waals surface area contributed by atoms with Crippen LogP contribution in [-0.4, -0.2) is 23.5 Å². The predicted molar refractivity (Wildman–Crippen MR) is 78.0 cm³/mol. The maximum Gasteiger partial charge on any atom is 0.266 e. The van der Waals surface area contributed by atoms with E-state index in [0.29, 0.717) is 22.4 Å². The van der Waals surface area contributed by atoms with Crippen LogP contribution in [0, 0.1) is 11.8 Å². The highest BCUT2D eigenvalue weighted by molar-refractivity contribution is 6.34. The highest BCUT2D eigenvalue weighted by atomic mass is 16.2. The van der Waals surface area contributed by atoms with Crippen LogP contribution in [0.1, 0.15) is 26.3 Å². The van der Waals surface area contributed by atoms with E-state index in [9.17, 15) is 9.59 Å². The summed E-state index contributed by atoms with van der Waals surface area (Å²) in [7, 11) is 0. The van der Waals surface area contributed by atoms with Crippen molar-refractivity contribution >= 4 is 17.5 Å². The summed E-state index contributed by atoms with van der Waals surface area (Å²) in [5.74, 6) is 4.59. The molecule has 2 aromatic carbocycles. The van der Waals surface area contributed by atoms with Gasteiger partial charge in [-0.3, -0.25) is 9.59 Å². The van der Waals surface area contributed by atoms with Crippen molar-refractivity contribution in [3.8, 4) is 11.8 Å². The van der Waals surface area contributed by atoms with Crippen molar-refractivity contribution in [2.75, 3.05) is 11.5 Å². The molecule has 0 atom stereocenters. The fraction of sp³-hybridized carbons (Fsp3) is 0.0588. The molecular formula is C17H11NO3. The van der Waals surface area contributed by atoms with Gasteiger partial charge in [-0.25, -0.2) is 4.90 Å². The third-order valence-corrected chi connectivity index (χ3v) is 3.24. The Bertz CT molecular complexity index is 764. The molecule has 0 aliphatic carbocycles. The number of fused-ring (bicyclic) bond motifs is 1. The van der Waals surface area contributed by atoms with Gasteiger partial charge in [-0.15, -0.1) is 0 Å². The highest BCUT2D eigenvalue weighted by Crippen LogP contribution is 2.30. The van der Waals surface area contributed by atoms with Crippen LogP contribution in [0.5, 0.6) is 0 Å². The van der Waals surface area contributed by atoms with E-state index < -0.39 is 0 Å². The van der Waals surface area contributed by atoms with Crippen LogP contribution in [0.4, 0.5) is 5.69 Å². The summed E-state index contributed by atoms with van der Waals surface area (Å²) in [6.07, 6.45) is 0. The van der Waals surface area contributed by atoms with Crippen LogP contribution in [0.15, 0.2) is 48.5 Å². The second kappa shape index (κ2) is 5.23. The Morgan fingerprint density at radius 2 is 1.48 bits per heavy atom. The van der Waals surface area contributed by atoms with Crippen LogP contribution in [0.25, 0.3) is 0 Å². The summed E-state index contributed by atoms with van der Waals surface area (Å²) in [6.45, 7) is -0.281. The monoisotopic (exact) mass is 277 g/mol. The molecule has 21 heavy (non-hydrogen) atoms. The smallest absolute Gasteiger partial charge is 0.266 e. The number of carbonyl (C=O) groups excluding carboxylic acids is 2. The lowest BCUT2D eigenvalue weighted by molar-refractivity contribution is 0.0926. The van der Waals surface area contributed by atoms with Crippen molar-refractivity contribution in [3.05, 3.63) is 65.2 Å². The number of hydrogen-bond donors (Lipinski definition) is 1. The molecule has 0 fully saturated rings. The average Bonchev–Trinajstić information content (AvgIpc) is 2.78. The molecule has 4 heteroatoms. The van der Waals surface area contributed by atoms with Crippen molar-refractivity contribution in [3.63, 3.8) is 0 Å². The van der Waals surface area contributed by atoms with Gasteiger partial charge in [0, 0.05) is 5.56 Å². The molecule has 2 amide bonds. The maximum atomic E-state index is 12.4. The molecule has 2 aromatic rings. The summed E-state index contributed by atoms with van der Waals surface area (Å²) in [5, 5.41) is 8.81. The standard InChI is InChI=1S/C17H11NO3/c19-11-5-7-12-6-1-4-10-15(12)18-16(20)13-8-2-3-9-14(13)17(18)21/h1-4,6,8-10,19H,11H2. The van der Waals surface area contributed by atoms with Gasteiger partial charge in [-0.1, -0.05) is 36.1 Å². The number of rotatable bonds is 1. The topological polar surface area (TPSA) is 57.6 Å². The average molecular weight is 277 g/mol. The lowest BCUT2D eigenvalue weighted by Crippen LogP contribution is -2.30. The van der Waals surface area contributed by atoms with Crippen LogP contribution in [-0.2, 0) is 0 Å². The molecule has 0 saturated carbocycles. The Balaban J connectivity index is 2.12. The van der Waals surface area contributed by atoms with Crippen LogP contribution in [0.2, 0.25) is 0 Å². The molecular weight excluding hydrogens is 266 g/mol. The summed E-state index contributed by atoms with van der Waals surface area (Å²) in [6, 6.07) is 13.6. The van der Waals surface area contributed by atoms with Gasteiger partial charge in [-0.05, 0) is 24.3 Å². The van der Waals surface area contributed by atoms with Crippen LogP contribution >= 0.6 is 0 Å². The number of imide groups is 1. The number of hydrogen-bond acceptors (Lipinski definition) is 3. The summed E-state index contributed by atoms with van der Waals surface area (Å²) in [4.78, 5) is 26.0. The fourth-order valence-corrected chi connectivity index (χ4v) is 2.32. The highest BCUT2D eigenvalue weighted by Gasteiger charge is 2.37. The maximum absolute atomic E-state index is 12.4.